The molecule has 2 amide bonds. The number of nitro groups is 1. The molecule has 1 unspecified atom stereocenters. The molecule has 1 aliphatic carbocycles. The maximum absolute atomic E-state index is 12.6. The predicted molar refractivity (Wildman–Crippen MR) is 114 cm³/mol. The molecule has 0 radical (unpaired) electrons. The number of rotatable bonds is 7. The average molecular weight is 419 g/mol. The van der Waals surface area contributed by atoms with Gasteiger partial charge >= 0.3 is 0 Å². The summed E-state index contributed by atoms with van der Waals surface area (Å²) in [7, 11) is 0. The van der Waals surface area contributed by atoms with E-state index >= 15 is 0 Å². The van der Waals surface area contributed by atoms with Gasteiger partial charge in [0.05, 0.1) is 16.7 Å². The van der Waals surface area contributed by atoms with Crippen LogP contribution in [0.25, 0.3) is 5.69 Å². The summed E-state index contributed by atoms with van der Waals surface area (Å²) in [4.78, 5) is 34.9. The number of non-ortho nitro benzene ring substituents is 1. The zero-order valence-corrected chi connectivity index (χ0v) is 16.8. The molecule has 31 heavy (non-hydrogen) atoms. The average Bonchev–Trinajstić information content (AvgIpc) is 3.50. The zero-order chi connectivity index (χ0) is 22.0. The van der Waals surface area contributed by atoms with Crippen molar-refractivity contribution in [1.29, 1.82) is 0 Å². The van der Waals surface area contributed by atoms with Crippen LogP contribution in [0.3, 0.4) is 0 Å². The van der Waals surface area contributed by atoms with E-state index in [2.05, 4.69) is 15.7 Å². The van der Waals surface area contributed by atoms with E-state index in [0.29, 0.717) is 5.69 Å². The molecule has 1 heterocycles. The van der Waals surface area contributed by atoms with Crippen LogP contribution in [0, 0.1) is 16.0 Å². The topological polar surface area (TPSA) is 119 Å². The molecule has 9 nitrogen and oxygen atoms in total. The summed E-state index contributed by atoms with van der Waals surface area (Å²) in [6.07, 6.45) is 3.48. The van der Waals surface area contributed by atoms with Crippen LogP contribution < -0.4 is 10.6 Å². The second-order valence-corrected chi connectivity index (χ2v) is 7.50. The number of aromatic nitrogens is 2. The Kier molecular flexibility index (Phi) is 5.48. The number of carbonyl (C=O) groups excluding carboxylic acids is 2. The van der Waals surface area contributed by atoms with Crippen LogP contribution in [0.1, 0.15) is 41.9 Å². The summed E-state index contributed by atoms with van der Waals surface area (Å²) in [6.45, 7) is 1.85. The molecule has 4 rings (SSSR count). The van der Waals surface area contributed by atoms with E-state index < -0.39 is 4.92 Å². The third-order valence-electron chi connectivity index (χ3n) is 5.10. The summed E-state index contributed by atoms with van der Waals surface area (Å²) in [5, 5.41) is 21.0. The fourth-order valence-corrected chi connectivity index (χ4v) is 3.14. The minimum absolute atomic E-state index is 0.0495. The molecule has 0 spiro atoms. The molecule has 0 bridgehead atoms. The van der Waals surface area contributed by atoms with Gasteiger partial charge in [0.1, 0.15) is 0 Å². The minimum Gasteiger partial charge on any atom is -0.344 e. The number of anilines is 1. The second-order valence-electron chi connectivity index (χ2n) is 7.50. The Morgan fingerprint density at radius 2 is 1.90 bits per heavy atom. The van der Waals surface area contributed by atoms with Gasteiger partial charge in [-0.15, -0.1) is 0 Å². The van der Waals surface area contributed by atoms with Crippen LogP contribution in [0.5, 0.6) is 0 Å². The van der Waals surface area contributed by atoms with E-state index in [-0.39, 0.29) is 35.2 Å². The number of nitro benzene ring substituents is 1. The minimum atomic E-state index is -0.481. The van der Waals surface area contributed by atoms with Gasteiger partial charge in [0.2, 0.25) is 5.91 Å². The molecular formula is C22H21N5O4. The first-order valence-electron chi connectivity index (χ1n) is 9.93. The van der Waals surface area contributed by atoms with Gasteiger partial charge in [-0.05, 0) is 49.6 Å². The molecule has 1 aliphatic rings. The van der Waals surface area contributed by atoms with E-state index in [1.54, 1.807) is 24.4 Å². The fourth-order valence-electron chi connectivity index (χ4n) is 3.14. The van der Waals surface area contributed by atoms with Gasteiger partial charge in [0.25, 0.3) is 11.6 Å². The van der Waals surface area contributed by atoms with Crippen molar-refractivity contribution in [3.8, 4) is 5.69 Å². The zero-order valence-electron chi connectivity index (χ0n) is 16.8. The van der Waals surface area contributed by atoms with E-state index in [1.165, 1.54) is 16.8 Å². The van der Waals surface area contributed by atoms with Crippen molar-refractivity contribution in [2.75, 3.05) is 5.32 Å². The highest BCUT2D eigenvalue weighted by atomic mass is 16.6. The van der Waals surface area contributed by atoms with Crippen LogP contribution in [-0.2, 0) is 4.79 Å². The standard InChI is InChI=1S/C22H21N5O4/c1-14(15-7-9-17(10-8-15)24-21(28)16-5-6-16)23-22(29)20-11-12-26(25-20)18-3-2-4-19(13-18)27(30)31/h2-4,7-14,16H,5-6H2,1H3,(H,23,29)(H,24,28). The largest absolute Gasteiger partial charge is 0.344 e. The lowest BCUT2D eigenvalue weighted by molar-refractivity contribution is -0.384. The lowest BCUT2D eigenvalue weighted by Crippen LogP contribution is -2.27. The van der Waals surface area contributed by atoms with Crippen LogP contribution >= 0.6 is 0 Å². The van der Waals surface area contributed by atoms with Gasteiger partial charge < -0.3 is 10.6 Å². The van der Waals surface area contributed by atoms with Crippen LogP contribution in [0.15, 0.2) is 60.8 Å². The van der Waals surface area contributed by atoms with Crippen LogP contribution in [-0.4, -0.2) is 26.5 Å². The summed E-state index contributed by atoms with van der Waals surface area (Å²) in [6, 6.07) is 14.6. The number of carbonyl (C=O) groups is 2. The Morgan fingerprint density at radius 1 is 1.16 bits per heavy atom. The summed E-state index contributed by atoms with van der Waals surface area (Å²) >= 11 is 0. The van der Waals surface area contributed by atoms with Gasteiger partial charge in [-0.1, -0.05) is 18.2 Å². The molecule has 1 saturated carbocycles. The Morgan fingerprint density at radius 3 is 2.58 bits per heavy atom. The van der Waals surface area contributed by atoms with E-state index in [9.17, 15) is 19.7 Å². The second kappa shape index (κ2) is 8.39. The molecule has 0 saturated heterocycles. The third kappa shape index (κ3) is 4.77. The SMILES string of the molecule is CC(NC(=O)c1ccn(-c2cccc([N+](=O)[O-])c2)n1)c1ccc(NC(=O)C2CC2)cc1. The Balaban J connectivity index is 1.39. The molecule has 3 aromatic rings. The lowest BCUT2D eigenvalue weighted by Gasteiger charge is -2.14. The fraction of sp³-hybridized carbons (Fsp3) is 0.227. The van der Waals surface area contributed by atoms with Gasteiger partial charge in [-0.3, -0.25) is 19.7 Å². The highest BCUT2D eigenvalue weighted by Gasteiger charge is 2.29. The molecule has 0 aliphatic heterocycles. The van der Waals surface area contributed by atoms with Gasteiger partial charge in [0.15, 0.2) is 5.69 Å². The van der Waals surface area contributed by atoms with Gasteiger partial charge in [-0.2, -0.15) is 5.10 Å². The van der Waals surface area contributed by atoms with Gasteiger partial charge in [0, 0.05) is 29.9 Å². The maximum Gasteiger partial charge on any atom is 0.272 e. The highest BCUT2D eigenvalue weighted by molar-refractivity contribution is 5.94. The van der Waals surface area contributed by atoms with Crippen molar-refractivity contribution in [3.05, 3.63) is 82.2 Å². The molecule has 1 atom stereocenters. The van der Waals surface area contributed by atoms with E-state index in [4.69, 9.17) is 0 Å². The lowest BCUT2D eigenvalue weighted by atomic mass is 10.1. The predicted octanol–water partition coefficient (Wildman–Crippen LogP) is 3.62. The van der Waals surface area contributed by atoms with Crippen LogP contribution in [0.2, 0.25) is 0 Å². The summed E-state index contributed by atoms with van der Waals surface area (Å²) in [5.74, 6) is -0.170. The smallest absolute Gasteiger partial charge is 0.272 e. The number of nitrogens with one attached hydrogen (secondary N) is 2. The molecule has 9 heteroatoms. The first-order chi connectivity index (χ1) is 14.9. The first kappa shape index (κ1) is 20.3. The summed E-state index contributed by atoms with van der Waals surface area (Å²) in [5.41, 5.74) is 2.26. The molecule has 158 valence electrons. The van der Waals surface area contributed by atoms with E-state index in [0.717, 1.165) is 24.1 Å². The third-order valence-corrected chi connectivity index (χ3v) is 5.10. The Labute approximate surface area is 178 Å². The quantitative estimate of drug-likeness (QED) is 0.448. The normalized spacial score (nSPS) is 14.0. The van der Waals surface area contributed by atoms with Crippen LogP contribution in [0.4, 0.5) is 11.4 Å². The van der Waals surface area contributed by atoms with Crippen molar-refractivity contribution in [2.24, 2.45) is 5.92 Å². The molecule has 1 fully saturated rings. The number of nitrogens with zero attached hydrogens (tertiary/aromatic N) is 3. The first-order valence-corrected chi connectivity index (χ1v) is 9.93. The van der Waals surface area contributed by atoms with Crippen molar-refractivity contribution >= 4 is 23.2 Å². The van der Waals surface area contributed by atoms with Crippen molar-refractivity contribution in [2.45, 2.75) is 25.8 Å². The summed E-state index contributed by atoms with van der Waals surface area (Å²) < 4.78 is 1.42. The van der Waals surface area contributed by atoms with Crippen molar-refractivity contribution in [3.63, 3.8) is 0 Å². The Bertz CT molecular complexity index is 1130. The monoisotopic (exact) mass is 419 g/mol. The number of benzene rings is 2. The van der Waals surface area contributed by atoms with Crippen molar-refractivity contribution < 1.29 is 14.5 Å². The number of hydrogen-bond donors (Lipinski definition) is 2. The highest BCUT2D eigenvalue weighted by Crippen LogP contribution is 2.30. The Hall–Kier alpha value is -4.01. The van der Waals surface area contributed by atoms with Crippen molar-refractivity contribution in [1.82, 2.24) is 15.1 Å². The number of amides is 2. The molecular weight excluding hydrogens is 398 g/mol. The molecule has 2 aromatic carbocycles. The number of hydrogen-bond acceptors (Lipinski definition) is 5. The van der Waals surface area contributed by atoms with E-state index in [1.807, 2.05) is 31.2 Å². The molecule has 1 aromatic heterocycles. The van der Waals surface area contributed by atoms with Gasteiger partial charge in [-0.25, -0.2) is 4.68 Å². The maximum atomic E-state index is 12.6. The molecule has 2 N–H and O–H groups in total.